The van der Waals surface area contributed by atoms with Crippen molar-refractivity contribution in [1.82, 2.24) is 10.3 Å². The Balaban J connectivity index is 2.54. The van der Waals surface area contributed by atoms with Crippen molar-refractivity contribution in [1.29, 1.82) is 0 Å². The molecule has 1 aromatic heterocycles. The van der Waals surface area contributed by atoms with E-state index in [4.69, 9.17) is 10.5 Å². The van der Waals surface area contributed by atoms with Gasteiger partial charge in [-0.1, -0.05) is 26.8 Å². The van der Waals surface area contributed by atoms with E-state index < -0.39 is 6.09 Å². The molecular weight excluding hydrogens is 266 g/mol. The number of nitrogens with two attached hydrogens (primary N) is 1. The lowest BCUT2D eigenvalue weighted by Crippen LogP contribution is -2.34. The molecule has 2 unspecified atom stereocenters. The highest BCUT2D eigenvalue weighted by molar-refractivity contribution is 5.64. The summed E-state index contributed by atoms with van der Waals surface area (Å²) in [6.45, 7) is 6.15. The number of carbonyl (C=O) groups excluding carboxylic acids is 1. The van der Waals surface area contributed by atoms with Gasteiger partial charge in [-0.05, 0) is 43.9 Å². The van der Waals surface area contributed by atoms with Crippen LogP contribution in [-0.2, 0) is 4.74 Å². The number of pyridine rings is 1. The first-order valence-corrected chi connectivity index (χ1v) is 7.39. The largest absolute Gasteiger partial charge is 0.446 e. The number of aromatic nitrogens is 1. The van der Waals surface area contributed by atoms with Gasteiger partial charge in [0, 0.05) is 12.2 Å². The molecule has 0 aliphatic carbocycles. The number of nitrogens with one attached hydrogen (secondary N) is 1. The van der Waals surface area contributed by atoms with Crippen molar-refractivity contribution in [3.8, 4) is 0 Å². The molecule has 5 heteroatoms. The van der Waals surface area contributed by atoms with Crippen molar-refractivity contribution in [2.45, 2.75) is 52.2 Å². The molecule has 0 aliphatic heterocycles. The smallest absolute Gasteiger partial charge is 0.404 e. The van der Waals surface area contributed by atoms with Gasteiger partial charge in [-0.2, -0.15) is 0 Å². The van der Waals surface area contributed by atoms with Crippen molar-refractivity contribution in [2.75, 3.05) is 7.05 Å². The third-order valence-electron chi connectivity index (χ3n) is 3.58. The first-order valence-electron chi connectivity index (χ1n) is 7.39. The molecule has 0 spiro atoms. The Hall–Kier alpha value is -1.62. The number of hydrogen-bond acceptors (Lipinski definition) is 4. The molecule has 0 aliphatic rings. The second-order valence-electron chi connectivity index (χ2n) is 6.32. The zero-order valence-electron chi connectivity index (χ0n) is 13.4. The fourth-order valence-corrected chi connectivity index (χ4v) is 2.34. The van der Waals surface area contributed by atoms with Crippen molar-refractivity contribution < 1.29 is 9.53 Å². The molecule has 3 N–H and O–H groups in total. The third-order valence-corrected chi connectivity index (χ3v) is 3.58. The van der Waals surface area contributed by atoms with Crippen molar-refractivity contribution in [2.24, 2.45) is 11.1 Å². The fourth-order valence-electron chi connectivity index (χ4n) is 2.34. The molecule has 0 saturated heterocycles. The van der Waals surface area contributed by atoms with Gasteiger partial charge in [0.05, 0.1) is 5.69 Å². The Morgan fingerprint density at radius 3 is 2.57 bits per heavy atom. The van der Waals surface area contributed by atoms with E-state index in [-0.39, 0.29) is 17.6 Å². The number of ether oxygens (including phenoxy) is 1. The predicted molar refractivity (Wildman–Crippen MR) is 83.8 cm³/mol. The maximum Gasteiger partial charge on any atom is 0.404 e. The lowest BCUT2D eigenvalue weighted by molar-refractivity contribution is 0.0294. The predicted octanol–water partition coefficient (Wildman–Crippen LogP) is 3.02. The minimum atomic E-state index is -0.704. The summed E-state index contributed by atoms with van der Waals surface area (Å²) in [6.07, 6.45) is 3.58. The molecule has 21 heavy (non-hydrogen) atoms. The van der Waals surface area contributed by atoms with Gasteiger partial charge < -0.3 is 15.8 Å². The minimum Gasteiger partial charge on any atom is -0.446 e. The summed E-state index contributed by atoms with van der Waals surface area (Å²) in [4.78, 5) is 15.4. The van der Waals surface area contributed by atoms with Gasteiger partial charge in [0.15, 0.2) is 0 Å². The lowest BCUT2D eigenvalue weighted by atomic mass is 9.85. The second-order valence-corrected chi connectivity index (χ2v) is 6.32. The number of nitrogens with zero attached hydrogens (tertiary/aromatic N) is 1. The summed E-state index contributed by atoms with van der Waals surface area (Å²) in [5.74, 6) is 0. The van der Waals surface area contributed by atoms with Crippen molar-refractivity contribution >= 4 is 6.09 Å². The molecule has 118 valence electrons. The summed E-state index contributed by atoms with van der Waals surface area (Å²) in [5, 5.41) is 3.28. The van der Waals surface area contributed by atoms with Crippen LogP contribution in [0.3, 0.4) is 0 Å². The van der Waals surface area contributed by atoms with Crippen LogP contribution < -0.4 is 11.1 Å². The van der Waals surface area contributed by atoms with E-state index in [1.54, 1.807) is 6.20 Å². The summed E-state index contributed by atoms with van der Waals surface area (Å²) in [6, 6.07) is 6.12. The number of carbonyl (C=O) groups is 1. The number of primary amides is 1. The molecule has 1 amide bonds. The summed E-state index contributed by atoms with van der Waals surface area (Å²) >= 11 is 0. The Kier molecular flexibility index (Phi) is 6.62. The molecule has 5 nitrogen and oxygen atoms in total. The normalized spacial score (nSPS) is 14.5. The molecule has 0 bridgehead atoms. The summed E-state index contributed by atoms with van der Waals surface area (Å²) in [7, 11) is 1.93. The quantitative estimate of drug-likeness (QED) is 0.810. The van der Waals surface area contributed by atoms with Crippen LogP contribution in [0.1, 0.15) is 51.8 Å². The Morgan fingerprint density at radius 1 is 1.38 bits per heavy atom. The standard InChI is InChI=1S/C16H27N3O2/c1-16(2,3)14(21-15(17)20)10-7-9-12(18-4)13-8-5-6-11-19-13/h5-6,8,11-12,14,18H,7,9-10H2,1-4H3,(H2,17,20). The SMILES string of the molecule is CNC(CCCC(OC(N)=O)C(C)(C)C)c1ccccn1. The topological polar surface area (TPSA) is 77.2 Å². The van der Waals surface area contributed by atoms with Gasteiger partial charge >= 0.3 is 6.09 Å². The van der Waals surface area contributed by atoms with Gasteiger partial charge in [0.1, 0.15) is 6.10 Å². The molecule has 0 fully saturated rings. The molecule has 1 aromatic rings. The lowest BCUT2D eigenvalue weighted by Gasteiger charge is -2.30. The van der Waals surface area contributed by atoms with Crippen LogP contribution in [0, 0.1) is 5.41 Å². The first-order chi connectivity index (χ1) is 9.84. The maximum atomic E-state index is 11.0. The third kappa shape index (κ3) is 6.12. The average Bonchev–Trinajstić information content (AvgIpc) is 2.42. The zero-order valence-corrected chi connectivity index (χ0v) is 13.4. The van der Waals surface area contributed by atoms with Crippen LogP contribution in [0.4, 0.5) is 4.79 Å². The Bertz CT molecular complexity index is 429. The highest BCUT2D eigenvalue weighted by atomic mass is 16.6. The highest BCUT2D eigenvalue weighted by Crippen LogP contribution is 2.28. The number of amides is 1. The summed E-state index contributed by atoms with van der Waals surface area (Å²) in [5.41, 5.74) is 6.07. The minimum absolute atomic E-state index is 0.116. The molecular formula is C16H27N3O2. The van der Waals surface area contributed by atoms with Crippen LogP contribution >= 0.6 is 0 Å². The van der Waals surface area contributed by atoms with E-state index in [0.29, 0.717) is 0 Å². The molecule has 0 saturated carbocycles. The van der Waals surface area contributed by atoms with Crippen LogP contribution in [0.15, 0.2) is 24.4 Å². The molecule has 0 aromatic carbocycles. The molecule has 1 heterocycles. The average molecular weight is 293 g/mol. The van der Waals surface area contributed by atoms with Crippen molar-refractivity contribution in [3.05, 3.63) is 30.1 Å². The van der Waals surface area contributed by atoms with E-state index in [9.17, 15) is 4.79 Å². The fraction of sp³-hybridized carbons (Fsp3) is 0.625. The van der Waals surface area contributed by atoms with Gasteiger partial charge in [0.2, 0.25) is 0 Å². The van der Waals surface area contributed by atoms with E-state index in [1.807, 2.05) is 25.2 Å². The molecule has 0 radical (unpaired) electrons. The van der Waals surface area contributed by atoms with Crippen LogP contribution in [0.2, 0.25) is 0 Å². The van der Waals surface area contributed by atoms with Gasteiger partial charge in [-0.25, -0.2) is 4.79 Å². The zero-order chi connectivity index (χ0) is 15.9. The van der Waals surface area contributed by atoms with E-state index in [0.717, 1.165) is 25.0 Å². The number of rotatable bonds is 7. The molecule has 1 rings (SSSR count). The second kappa shape index (κ2) is 7.98. The van der Waals surface area contributed by atoms with Crippen LogP contribution in [0.25, 0.3) is 0 Å². The van der Waals surface area contributed by atoms with Crippen LogP contribution in [-0.4, -0.2) is 24.2 Å². The molecule has 2 atom stereocenters. The highest BCUT2D eigenvalue weighted by Gasteiger charge is 2.27. The van der Waals surface area contributed by atoms with E-state index >= 15 is 0 Å². The van der Waals surface area contributed by atoms with Gasteiger partial charge in [-0.3, -0.25) is 4.98 Å². The van der Waals surface area contributed by atoms with Gasteiger partial charge in [0.25, 0.3) is 0 Å². The van der Waals surface area contributed by atoms with Crippen molar-refractivity contribution in [3.63, 3.8) is 0 Å². The van der Waals surface area contributed by atoms with Crippen LogP contribution in [0.5, 0.6) is 0 Å². The van der Waals surface area contributed by atoms with E-state index in [2.05, 4.69) is 31.1 Å². The Labute approximate surface area is 127 Å². The monoisotopic (exact) mass is 293 g/mol. The van der Waals surface area contributed by atoms with E-state index in [1.165, 1.54) is 0 Å². The first kappa shape index (κ1) is 17.4. The number of hydrogen-bond donors (Lipinski definition) is 2. The maximum absolute atomic E-state index is 11.0. The van der Waals surface area contributed by atoms with Gasteiger partial charge in [-0.15, -0.1) is 0 Å². The Morgan fingerprint density at radius 2 is 2.10 bits per heavy atom. The summed E-state index contributed by atoms with van der Waals surface area (Å²) < 4.78 is 5.24.